The molecule has 3 aromatic carbocycles. The van der Waals surface area contributed by atoms with Crippen LogP contribution in [0.1, 0.15) is 27.0 Å². The highest BCUT2D eigenvalue weighted by molar-refractivity contribution is 8.26. The van der Waals surface area contributed by atoms with Crippen LogP contribution in [0.4, 0.5) is 4.39 Å². The highest BCUT2D eigenvalue weighted by Crippen LogP contribution is 2.35. The minimum absolute atomic E-state index is 0.124. The molecule has 6 nitrogen and oxygen atoms in total. The predicted molar refractivity (Wildman–Crippen MR) is 147 cm³/mol. The molecule has 190 valence electrons. The molecule has 0 spiro atoms. The average molecular weight is 577 g/mol. The molecule has 0 radical (unpaired) electrons. The van der Waals surface area contributed by atoms with Gasteiger partial charge in [-0.05, 0) is 72.7 Å². The lowest BCUT2D eigenvalue weighted by Gasteiger charge is -2.16. The fourth-order valence-corrected chi connectivity index (χ4v) is 5.12. The number of amides is 2. The number of carbonyl (C=O) groups excluding carboxylic acids is 2. The Balaban J connectivity index is 1.52. The largest absolute Gasteiger partial charge is 0.493 e. The number of benzene rings is 3. The number of nitrogens with one attached hydrogen (secondary N) is 1. The number of thiocarbonyl (C=S) groups is 1. The van der Waals surface area contributed by atoms with Crippen molar-refractivity contribution in [1.82, 2.24) is 10.4 Å². The molecule has 11 heteroatoms. The third-order valence-electron chi connectivity index (χ3n) is 5.30. The van der Waals surface area contributed by atoms with Crippen molar-refractivity contribution in [2.45, 2.75) is 13.5 Å². The van der Waals surface area contributed by atoms with Crippen LogP contribution in [0, 0.1) is 12.7 Å². The van der Waals surface area contributed by atoms with Gasteiger partial charge in [-0.2, -0.15) is 5.01 Å². The van der Waals surface area contributed by atoms with E-state index < -0.39 is 17.6 Å². The first-order valence-corrected chi connectivity index (χ1v) is 12.7. The maximum atomic E-state index is 14.1. The molecule has 1 aliphatic heterocycles. The van der Waals surface area contributed by atoms with Gasteiger partial charge in [-0.1, -0.05) is 53.2 Å². The third kappa shape index (κ3) is 6.07. The van der Waals surface area contributed by atoms with Gasteiger partial charge in [0.15, 0.2) is 15.8 Å². The number of rotatable bonds is 7. The summed E-state index contributed by atoms with van der Waals surface area (Å²) in [4.78, 5) is 26.0. The van der Waals surface area contributed by atoms with Gasteiger partial charge >= 0.3 is 0 Å². The van der Waals surface area contributed by atoms with E-state index in [1.165, 1.54) is 19.2 Å². The van der Waals surface area contributed by atoms with Gasteiger partial charge in [0.25, 0.3) is 11.8 Å². The van der Waals surface area contributed by atoms with E-state index in [0.717, 1.165) is 22.3 Å². The van der Waals surface area contributed by atoms with E-state index in [1.807, 2.05) is 6.92 Å². The Labute approximate surface area is 232 Å². The molecule has 2 amide bonds. The number of methoxy groups -OCH3 is 1. The van der Waals surface area contributed by atoms with Crippen LogP contribution in [0.5, 0.6) is 11.5 Å². The maximum absolute atomic E-state index is 14.1. The molecule has 0 atom stereocenters. The number of thioether (sulfide) groups is 1. The van der Waals surface area contributed by atoms with Gasteiger partial charge in [0.05, 0.1) is 27.6 Å². The zero-order valence-electron chi connectivity index (χ0n) is 19.5. The van der Waals surface area contributed by atoms with Crippen LogP contribution in [0.25, 0.3) is 6.08 Å². The number of halogens is 3. The van der Waals surface area contributed by atoms with Crippen LogP contribution in [-0.4, -0.2) is 28.3 Å². The number of hydrazine groups is 1. The van der Waals surface area contributed by atoms with Crippen LogP contribution in [-0.2, 0) is 11.4 Å². The molecule has 4 rings (SSSR count). The topological polar surface area (TPSA) is 67.9 Å². The zero-order chi connectivity index (χ0) is 26.7. The van der Waals surface area contributed by atoms with E-state index in [9.17, 15) is 14.0 Å². The standard InChI is InChI=1S/C26H19Cl2FN2O4S2/c1-14-6-8-16(19(28)10-14)24(32)30-31-25(33)23(37-26(31)36)12-15-7-9-21(34-2)22(11-15)35-13-17-18(27)4-3-5-20(17)29/h3-12H,13H2,1-2H3,(H,30,32)/b23-12+. The van der Waals surface area contributed by atoms with Gasteiger partial charge in [-0.25, -0.2) is 4.39 Å². The van der Waals surface area contributed by atoms with Crippen molar-refractivity contribution in [3.8, 4) is 11.5 Å². The molecule has 1 N–H and O–H groups in total. The molecule has 0 bridgehead atoms. The summed E-state index contributed by atoms with van der Waals surface area (Å²) in [6, 6.07) is 14.4. The van der Waals surface area contributed by atoms with Crippen molar-refractivity contribution in [2.24, 2.45) is 0 Å². The Morgan fingerprint density at radius 3 is 2.62 bits per heavy atom. The van der Waals surface area contributed by atoms with Gasteiger partial charge in [0.2, 0.25) is 0 Å². The second-order valence-corrected chi connectivity index (χ2v) is 10.3. The summed E-state index contributed by atoms with van der Waals surface area (Å²) in [6.45, 7) is 1.73. The number of nitrogens with zero attached hydrogens (tertiary/aromatic N) is 1. The molecule has 0 unspecified atom stereocenters. The normalized spacial score (nSPS) is 14.3. The Kier molecular flexibility index (Phi) is 8.39. The van der Waals surface area contributed by atoms with Crippen molar-refractivity contribution in [3.63, 3.8) is 0 Å². The summed E-state index contributed by atoms with van der Waals surface area (Å²) in [7, 11) is 1.48. The highest BCUT2D eigenvalue weighted by Gasteiger charge is 2.34. The first-order chi connectivity index (χ1) is 17.7. The highest BCUT2D eigenvalue weighted by atomic mass is 35.5. The second kappa shape index (κ2) is 11.5. The van der Waals surface area contributed by atoms with E-state index in [1.54, 1.807) is 48.5 Å². The summed E-state index contributed by atoms with van der Waals surface area (Å²) in [5, 5.41) is 1.51. The van der Waals surface area contributed by atoms with E-state index in [0.29, 0.717) is 17.1 Å². The minimum atomic E-state index is -0.561. The van der Waals surface area contributed by atoms with Crippen molar-refractivity contribution in [2.75, 3.05) is 7.11 Å². The van der Waals surface area contributed by atoms with Crippen molar-refractivity contribution >= 4 is 69.4 Å². The monoisotopic (exact) mass is 576 g/mol. The van der Waals surface area contributed by atoms with E-state index in [2.05, 4.69) is 5.43 Å². The van der Waals surface area contributed by atoms with Crippen molar-refractivity contribution in [1.29, 1.82) is 0 Å². The maximum Gasteiger partial charge on any atom is 0.285 e. The average Bonchev–Trinajstić information content (AvgIpc) is 3.11. The fraction of sp³-hybridized carbons (Fsp3) is 0.115. The molecule has 3 aromatic rings. The van der Waals surface area contributed by atoms with Gasteiger partial charge in [0, 0.05) is 5.56 Å². The van der Waals surface area contributed by atoms with Crippen LogP contribution in [0.2, 0.25) is 10.0 Å². The lowest BCUT2D eigenvalue weighted by Crippen LogP contribution is -2.44. The summed E-state index contributed by atoms with van der Waals surface area (Å²) >= 11 is 18.6. The molecular weight excluding hydrogens is 558 g/mol. The minimum Gasteiger partial charge on any atom is -0.493 e. The fourth-order valence-electron chi connectivity index (χ4n) is 3.40. The SMILES string of the molecule is COc1ccc(/C=C2/SC(=S)N(NC(=O)c3ccc(C)cc3Cl)C2=O)cc1OCc1c(F)cccc1Cl. The molecule has 37 heavy (non-hydrogen) atoms. The third-order valence-corrected chi connectivity index (χ3v) is 7.26. The lowest BCUT2D eigenvalue weighted by atomic mass is 10.1. The Hall–Kier alpha value is -3.11. The molecule has 1 fully saturated rings. The summed E-state index contributed by atoms with van der Waals surface area (Å²) in [5.74, 6) is -0.800. The Morgan fingerprint density at radius 1 is 1.14 bits per heavy atom. The molecule has 1 aliphatic rings. The van der Waals surface area contributed by atoms with Gasteiger partial charge in [-0.15, -0.1) is 0 Å². The Morgan fingerprint density at radius 2 is 1.92 bits per heavy atom. The van der Waals surface area contributed by atoms with Crippen LogP contribution in [0.15, 0.2) is 59.5 Å². The molecule has 0 aliphatic carbocycles. The first-order valence-electron chi connectivity index (χ1n) is 10.8. The van der Waals surface area contributed by atoms with Gasteiger partial charge < -0.3 is 9.47 Å². The molecular formula is C26H19Cl2FN2O4S2. The molecule has 0 saturated carbocycles. The van der Waals surface area contributed by atoms with E-state index >= 15 is 0 Å². The molecule has 1 saturated heterocycles. The van der Waals surface area contributed by atoms with Gasteiger partial charge in [0.1, 0.15) is 12.4 Å². The predicted octanol–water partition coefficient (Wildman–Crippen LogP) is 6.57. The van der Waals surface area contributed by atoms with Crippen LogP contribution < -0.4 is 14.9 Å². The summed E-state index contributed by atoms with van der Waals surface area (Å²) in [5.41, 5.74) is 4.44. The van der Waals surface area contributed by atoms with Crippen LogP contribution in [0.3, 0.4) is 0 Å². The van der Waals surface area contributed by atoms with E-state index in [4.69, 9.17) is 44.9 Å². The number of hydrogen-bond donors (Lipinski definition) is 1. The Bertz CT molecular complexity index is 1430. The molecule has 0 aromatic heterocycles. The summed E-state index contributed by atoms with van der Waals surface area (Å²) in [6.07, 6.45) is 1.60. The zero-order valence-corrected chi connectivity index (χ0v) is 22.7. The number of ether oxygens (including phenoxy) is 2. The lowest BCUT2D eigenvalue weighted by molar-refractivity contribution is -0.123. The number of aryl methyl sites for hydroxylation is 1. The number of carbonyl (C=O) groups is 2. The molecule has 1 heterocycles. The van der Waals surface area contributed by atoms with Gasteiger partial charge in [-0.3, -0.25) is 15.0 Å². The quantitative estimate of drug-likeness (QED) is 0.253. The van der Waals surface area contributed by atoms with Crippen LogP contribution >= 0.6 is 47.2 Å². The second-order valence-electron chi connectivity index (χ2n) is 7.84. The summed E-state index contributed by atoms with van der Waals surface area (Å²) < 4.78 is 25.4. The van der Waals surface area contributed by atoms with Crippen molar-refractivity contribution < 1.29 is 23.5 Å². The van der Waals surface area contributed by atoms with Crippen molar-refractivity contribution in [3.05, 3.63) is 97.6 Å². The van der Waals surface area contributed by atoms with E-state index in [-0.39, 0.29) is 37.0 Å². The smallest absolute Gasteiger partial charge is 0.285 e. The number of hydrogen-bond acceptors (Lipinski definition) is 6. The first kappa shape index (κ1) is 26.9.